The number of nitrogens with one attached hydrogen (secondary N) is 2. The standard InChI is InChI=1S/C18H12Cl4N2O4S2/c19-13-6-2-8-15(17(13)21)29(25,26)23-11-4-1-5-12(10-11)24-30(27,28)16-9-3-7-14(20)18(16)22/h1-10,23-24H. The maximum absolute atomic E-state index is 12.6. The summed E-state index contributed by atoms with van der Waals surface area (Å²) in [4.78, 5) is -0.429. The fraction of sp³-hybridized carbons (Fsp3) is 0. The largest absolute Gasteiger partial charge is 0.280 e. The van der Waals surface area contributed by atoms with Gasteiger partial charge in [-0.1, -0.05) is 64.6 Å². The predicted octanol–water partition coefficient (Wildman–Crippen LogP) is 5.90. The van der Waals surface area contributed by atoms with Crippen molar-refractivity contribution in [1.82, 2.24) is 0 Å². The quantitative estimate of drug-likeness (QED) is 0.419. The number of hydrogen-bond acceptors (Lipinski definition) is 4. The molecule has 3 aromatic rings. The normalized spacial score (nSPS) is 11.9. The van der Waals surface area contributed by atoms with Crippen molar-refractivity contribution in [1.29, 1.82) is 0 Å². The Labute approximate surface area is 193 Å². The molecule has 0 bridgehead atoms. The zero-order valence-electron chi connectivity index (χ0n) is 14.7. The van der Waals surface area contributed by atoms with Crippen molar-refractivity contribution in [2.24, 2.45) is 0 Å². The highest BCUT2D eigenvalue weighted by atomic mass is 35.5. The van der Waals surface area contributed by atoms with E-state index in [9.17, 15) is 16.8 Å². The average molecular weight is 526 g/mol. The van der Waals surface area contributed by atoms with Crippen molar-refractivity contribution in [2.45, 2.75) is 9.79 Å². The molecule has 0 spiro atoms. The van der Waals surface area contributed by atoms with Crippen molar-refractivity contribution in [3.8, 4) is 0 Å². The van der Waals surface area contributed by atoms with Gasteiger partial charge in [-0.15, -0.1) is 0 Å². The average Bonchev–Trinajstić information content (AvgIpc) is 2.65. The molecule has 0 unspecified atom stereocenters. The summed E-state index contributed by atoms with van der Waals surface area (Å²) >= 11 is 23.7. The summed E-state index contributed by atoms with van der Waals surface area (Å²) in [6.45, 7) is 0. The molecule has 3 aromatic carbocycles. The molecule has 0 amide bonds. The van der Waals surface area contributed by atoms with Gasteiger partial charge in [0.1, 0.15) is 9.79 Å². The van der Waals surface area contributed by atoms with Gasteiger partial charge in [-0.25, -0.2) is 16.8 Å². The third-order valence-corrected chi connectivity index (χ3v) is 8.49. The van der Waals surface area contributed by atoms with Crippen molar-refractivity contribution >= 4 is 77.8 Å². The number of hydrogen-bond donors (Lipinski definition) is 2. The third-order valence-electron chi connectivity index (χ3n) is 3.78. The summed E-state index contributed by atoms with van der Waals surface area (Å²) in [5.41, 5.74) is 0.201. The van der Waals surface area contributed by atoms with Crippen molar-refractivity contribution in [3.63, 3.8) is 0 Å². The molecule has 12 heteroatoms. The second-order valence-corrected chi connectivity index (χ2v) is 10.8. The van der Waals surface area contributed by atoms with E-state index in [1.165, 1.54) is 60.7 Å². The SMILES string of the molecule is O=S(=O)(Nc1cccc(NS(=O)(=O)c2cccc(Cl)c2Cl)c1)c1cccc(Cl)c1Cl. The van der Waals surface area contributed by atoms with E-state index in [-0.39, 0.29) is 41.3 Å². The van der Waals surface area contributed by atoms with E-state index in [0.717, 1.165) is 0 Å². The zero-order chi connectivity index (χ0) is 22.1. The highest BCUT2D eigenvalue weighted by Gasteiger charge is 2.22. The molecule has 0 saturated heterocycles. The molecule has 6 nitrogen and oxygen atoms in total. The van der Waals surface area contributed by atoms with Gasteiger partial charge >= 0.3 is 0 Å². The molecule has 30 heavy (non-hydrogen) atoms. The Balaban J connectivity index is 1.90. The first kappa shape index (κ1) is 23.0. The van der Waals surface area contributed by atoms with E-state index in [2.05, 4.69) is 9.44 Å². The Kier molecular flexibility index (Phi) is 6.76. The lowest BCUT2D eigenvalue weighted by Gasteiger charge is -2.13. The van der Waals surface area contributed by atoms with E-state index >= 15 is 0 Å². The van der Waals surface area contributed by atoms with E-state index in [4.69, 9.17) is 46.4 Å². The third kappa shape index (κ3) is 4.96. The molecule has 0 heterocycles. The predicted molar refractivity (Wildman–Crippen MR) is 121 cm³/mol. The topological polar surface area (TPSA) is 92.3 Å². The molecule has 0 saturated carbocycles. The lowest BCUT2D eigenvalue weighted by molar-refractivity contribution is 0.599. The van der Waals surface area contributed by atoms with Crippen LogP contribution in [0.5, 0.6) is 0 Å². The van der Waals surface area contributed by atoms with Crippen LogP contribution in [0, 0.1) is 0 Å². The molecule has 158 valence electrons. The minimum Gasteiger partial charge on any atom is -0.280 e. The van der Waals surface area contributed by atoms with Crippen LogP contribution in [0.4, 0.5) is 11.4 Å². The zero-order valence-corrected chi connectivity index (χ0v) is 19.4. The maximum Gasteiger partial charge on any atom is 0.263 e. The van der Waals surface area contributed by atoms with Crippen molar-refractivity contribution in [3.05, 3.63) is 80.8 Å². The first-order chi connectivity index (χ1) is 14.0. The maximum atomic E-state index is 12.6. The smallest absolute Gasteiger partial charge is 0.263 e. The summed E-state index contributed by atoms with van der Waals surface area (Å²) in [6, 6.07) is 14.1. The lowest BCUT2D eigenvalue weighted by atomic mass is 10.3. The Morgan fingerprint density at radius 1 is 0.567 bits per heavy atom. The Bertz CT molecular complexity index is 1230. The van der Waals surface area contributed by atoms with Crippen LogP contribution < -0.4 is 9.44 Å². The number of sulfonamides is 2. The summed E-state index contributed by atoms with van der Waals surface area (Å²) in [7, 11) is -8.15. The first-order valence-corrected chi connectivity index (χ1v) is 12.5. The summed E-state index contributed by atoms with van der Waals surface area (Å²) in [5, 5.41) is -0.0860. The molecule has 0 aliphatic carbocycles. The van der Waals surface area contributed by atoms with Crippen LogP contribution in [0.15, 0.2) is 70.5 Å². The number of anilines is 2. The molecule has 0 aliphatic rings. The number of halogens is 4. The monoisotopic (exact) mass is 524 g/mol. The van der Waals surface area contributed by atoms with E-state index < -0.39 is 20.0 Å². The van der Waals surface area contributed by atoms with Gasteiger partial charge in [-0.2, -0.15) is 0 Å². The van der Waals surface area contributed by atoms with Crippen molar-refractivity contribution < 1.29 is 16.8 Å². The van der Waals surface area contributed by atoms with E-state index in [0.29, 0.717) is 0 Å². The minimum atomic E-state index is -4.07. The molecule has 0 aliphatic heterocycles. The number of rotatable bonds is 6. The molecular weight excluding hydrogens is 514 g/mol. The Hall–Kier alpha value is -1.68. The van der Waals surface area contributed by atoms with Crippen LogP contribution in [0.25, 0.3) is 0 Å². The second kappa shape index (κ2) is 8.82. The van der Waals surface area contributed by atoms with Crippen LogP contribution in [-0.2, 0) is 20.0 Å². The molecular formula is C18H12Cl4N2O4S2. The van der Waals surface area contributed by atoms with Crippen LogP contribution in [0.1, 0.15) is 0 Å². The van der Waals surface area contributed by atoms with Gasteiger partial charge in [0, 0.05) is 0 Å². The van der Waals surface area contributed by atoms with Gasteiger partial charge in [-0.3, -0.25) is 9.44 Å². The summed E-state index contributed by atoms with van der Waals surface area (Å²) < 4.78 is 55.3. The van der Waals surface area contributed by atoms with Crippen LogP contribution in [0.2, 0.25) is 20.1 Å². The van der Waals surface area contributed by atoms with E-state index in [1.54, 1.807) is 0 Å². The van der Waals surface area contributed by atoms with Gasteiger partial charge in [0.25, 0.3) is 20.0 Å². The van der Waals surface area contributed by atoms with Crippen LogP contribution in [0.3, 0.4) is 0 Å². The van der Waals surface area contributed by atoms with Crippen LogP contribution in [-0.4, -0.2) is 16.8 Å². The second-order valence-electron chi connectivity index (χ2n) is 5.90. The fourth-order valence-corrected chi connectivity index (χ4v) is 6.07. The van der Waals surface area contributed by atoms with E-state index in [1.807, 2.05) is 0 Å². The first-order valence-electron chi connectivity index (χ1n) is 8.05. The Morgan fingerprint density at radius 2 is 0.933 bits per heavy atom. The lowest BCUT2D eigenvalue weighted by Crippen LogP contribution is -2.15. The number of benzene rings is 3. The molecule has 3 rings (SSSR count). The van der Waals surface area contributed by atoms with Gasteiger partial charge in [0.15, 0.2) is 0 Å². The van der Waals surface area contributed by atoms with Crippen molar-refractivity contribution in [2.75, 3.05) is 9.44 Å². The highest BCUT2D eigenvalue weighted by molar-refractivity contribution is 7.93. The van der Waals surface area contributed by atoms with Gasteiger partial charge in [0.05, 0.1) is 31.5 Å². The highest BCUT2D eigenvalue weighted by Crippen LogP contribution is 2.32. The summed E-state index contributed by atoms with van der Waals surface area (Å²) in [6.07, 6.45) is 0. The minimum absolute atomic E-state index is 0.0828. The molecule has 0 radical (unpaired) electrons. The summed E-state index contributed by atoms with van der Waals surface area (Å²) in [5.74, 6) is 0. The molecule has 0 aromatic heterocycles. The van der Waals surface area contributed by atoms with Gasteiger partial charge in [-0.05, 0) is 42.5 Å². The molecule has 2 N–H and O–H groups in total. The Morgan fingerprint density at radius 3 is 1.33 bits per heavy atom. The van der Waals surface area contributed by atoms with Crippen LogP contribution >= 0.6 is 46.4 Å². The van der Waals surface area contributed by atoms with Gasteiger partial charge < -0.3 is 0 Å². The molecule has 0 fully saturated rings. The molecule has 0 atom stereocenters. The fourth-order valence-electron chi connectivity index (χ4n) is 2.45. The van der Waals surface area contributed by atoms with Gasteiger partial charge in [0.2, 0.25) is 0 Å².